The van der Waals surface area contributed by atoms with E-state index in [0.717, 1.165) is 18.5 Å². The number of hydrogen-bond acceptors (Lipinski definition) is 1. The van der Waals surface area contributed by atoms with Crippen LogP contribution in [-0.4, -0.2) is 9.38 Å². The zero-order chi connectivity index (χ0) is 11.0. The number of pyridine rings is 1. The predicted octanol–water partition coefficient (Wildman–Crippen LogP) is 3.08. The van der Waals surface area contributed by atoms with Gasteiger partial charge < -0.3 is 4.40 Å². The Bertz CT molecular complexity index is 495. The average Bonchev–Trinajstić information content (AvgIpc) is 2.56. The van der Waals surface area contributed by atoms with Crippen LogP contribution >= 0.6 is 0 Å². The number of aryl methyl sites for hydroxylation is 4. The van der Waals surface area contributed by atoms with Gasteiger partial charge in [-0.3, -0.25) is 0 Å². The van der Waals surface area contributed by atoms with Crippen molar-refractivity contribution in [2.45, 2.75) is 40.5 Å². The molecule has 0 spiro atoms. The molecule has 0 bridgehead atoms. The van der Waals surface area contributed by atoms with Crippen LogP contribution in [-0.2, 0) is 12.8 Å². The number of rotatable bonds is 2. The smallest absolute Gasteiger partial charge is 0.140 e. The van der Waals surface area contributed by atoms with Crippen molar-refractivity contribution >= 4 is 5.65 Å². The minimum atomic E-state index is 1.01. The first kappa shape index (κ1) is 10.2. The maximum atomic E-state index is 4.67. The predicted molar refractivity (Wildman–Crippen MR) is 63.4 cm³/mol. The molecule has 0 aromatic carbocycles. The van der Waals surface area contributed by atoms with E-state index in [1.54, 1.807) is 0 Å². The zero-order valence-corrected chi connectivity index (χ0v) is 9.96. The normalized spacial score (nSPS) is 11.2. The lowest BCUT2D eigenvalue weighted by molar-refractivity contribution is 1.00. The van der Waals surface area contributed by atoms with E-state index >= 15 is 0 Å². The van der Waals surface area contributed by atoms with E-state index < -0.39 is 0 Å². The summed E-state index contributed by atoms with van der Waals surface area (Å²) in [5, 5.41) is 0. The molecule has 2 rings (SSSR count). The van der Waals surface area contributed by atoms with Gasteiger partial charge in [0.25, 0.3) is 0 Å². The SMILES string of the molecule is CCc1cc(C)c2nc(CC)c(C)n2c1. The van der Waals surface area contributed by atoms with Crippen molar-refractivity contribution in [2.24, 2.45) is 0 Å². The van der Waals surface area contributed by atoms with E-state index in [9.17, 15) is 0 Å². The summed E-state index contributed by atoms with van der Waals surface area (Å²) in [6, 6.07) is 2.24. The molecule has 0 aliphatic rings. The molecule has 0 unspecified atom stereocenters. The topological polar surface area (TPSA) is 17.3 Å². The van der Waals surface area contributed by atoms with Crippen LogP contribution in [0.1, 0.15) is 36.4 Å². The van der Waals surface area contributed by atoms with Crippen LogP contribution in [0.5, 0.6) is 0 Å². The molecule has 0 aliphatic heterocycles. The van der Waals surface area contributed by atoms with Gasteiger partial charge in [0.05, 0.1) is 5.69 Å². The minimum Gasteiger partial charge on any atom is -0.304 e. The molecule has 0 saturated carbocycles. The molecule has 0 fully saturated rings. The fraction of sp³-hybridized carbons (Fsp3) is 0.462. The van der Waals surface area contributed by atoms with Crippen molar-refractivity contribution in [3.05, 3.63) is 34.8 Å². The Morgan fingerprint density at radius 1 is 1.20 bits per heavy atom. The van der Waals surface area contributed by atoms with Crippen molar-refractivity contribution in [2.75, 3.05) is 0 Å². The number of imidazole rings is 1. The molecule has 2 heteroatoms. The van der Waals surface area contributed by atoms with E-state index in [-0.39, 0.29) is 0 Å². The van der Waals surface area contributed by atoms with Gasteiger partial charge in [0, 0.05) is 11.9 Å². The highest BCUT2D eigenvalue weighted by molar-refractivity contribution is 5.51. The molecule has 0 amide bonds. The van der Waals surface area contributed by atoms with Gasteiger partial charge in [0.15, 0.2) is 0 Å². The molecular weight excluding hydrogens is 184 g/mol. The third-order valence-electron chi connectivity index (χ3n) is 3.04. The average molecular weight is 202 g/mol. The van der Waals surface area contributed by atoms with Gasteiger partial charge in [-0.05, 0) is 37.8 Å². The fourth-order valence-electron chi connectivity index (χ4n) is 2.07. The number of hydrogen-bond donors (Lipinski definition) is 0. The lowest BCUT2D eigenvalue weighted by atomic mass is 10.2. The van der Waals surface area contributed by atoms with Crippen LogP contribution in [0.25, 0.3) is 5.65 Å². The summed E-state index contributed by atoms with van der Waals surface area (Å²) in [4.78, 5) is 4.67. The number of aromatic nitrogens is 2. The monoisotopic (exact) mass is 202 g/mol. The van der Waals surface area contributed by atoms with E-state index in [4.69, 9.17) is 0 Å². The molecule has 2 aromatic rings. The lowest BCUT2D eigenvalue weighted by Gasteiger charge is -2.03. The van der Waals surface area contributed by atoms with Gasteiger partial charge >= 0.3 is 0 Å². The molecule has 2 aromatic heterocycles. The molecule has 15 heavy (non-hydrogen) atoms. The zero-order valence-electron chi connectivity index (χ0n) is 9.96. The summed E-state index contributed by atoms with van der Waals surface area (Å²) in [7, 11) is 0. The third kappa shape index (κ3) is 1.54. The molecular formula is C13H18N2. The van der Waals surface area contributed by atoms with E-state index in [2.05, 4.69) is 49.3 Å². The Morgan fingerprint density at radius 2 is 1.93 bits per heavy atom. The second-order valence-corrected chi connectivity index (χ2v) is 4.08. The van der Waals surface area contributed by atoms with Gasteiger partial charge in [0.2, 0.25) is 0 Å². The summed E-state index contributed by atoms with van der Waals surface area (Å²) in [6.07, 6.45) is 4.30. The Balaban J connectivity index is 2.77. The Hall–Kier alpha value is -1.31. The first-order valence-corrected chi connectivity index (χ1v) is 5.64. The van der Waals surface area contributed by atoms with Crippen LogP contribution < -0.4 is 0 Å². The highest BCUT2D eigenvalue weighted by Gasteiger charge is 2.08. The maximum absolute atomic E-state index is 4.67. The van der Waals surface area contributed by atoms with Gasteiger partial charge in [-0.2, -0.15) is 0 Å². The first-order chi connectivity index (χ1) is 7.17. The third-order valence-corrected chi connectivity index (χ3v) is 3.04. The van der Waals surface area contributed by atoms with Crippen molar-refractivity contribution in [3.63, 3.8) is 0 Å². The van der Waals surface area contributed by atoms with Crippen molar-refractivity contribution < 1.29 is 0 Å². The first-order valence-electron chi connectivity index (χ1n) is 5.64. The molecule has 0 radical (unpaired) electrons. The molecule has 80 valence electrons. The summed E-state index contributed by atoms with van der Waals surface area (Å²) in [6.45, 7) is 8.64. The number of nitrogens with zero attached hydrogens (tertiary/aromatic N) is 2. The summed E-state index contributed by atoms with van der Waals surface area (Å²) < 4.78 is 2.23. The Labute approximate surface area is 91.0 Å². The van der Waals surface area contributed by atoms with Gasteiger partial charge in [0.1, 0.15) is 5.65 Å². The summed E-state index contributed by atoms with van der Waals surface area (Å²) >= 11 is 0. The van der Waals surface area contributed by atoms with Crippen LogP contribution in [0.4, 0.5) is 0 Å². The quantitative estimate of drug-likeness (QED) is 0.731. The fourth-order valence-corrected chi connectivity index (χ4v) is 2.07. The highest BCUT2D eigenvalue weighted by Crippen LogP contribution is 2.17. The molecule has 0 atom stereocenters. The molecule has 0 N–H and O–H groups in total. The summed E-state index contributed by atoms with van der Waals surface area (Å²) in [5.41, 5.74) is 6.26. The van der Waals surface area contributed by atoms with E-state index in [1.807, 2.05) is 0 Å². The van der Waals surface area contributed by atoms with Crippen LogP contribution in [0, 0.1) is 13.8 Å². The van der Waals surface area contributed by atoms with Crippen LogP contribution in [0.2, 0.25) is 0 Å². The van der Waals surface area contributed by atoms with Crippen LogP contribution in [0.15, 0.2) is 12.3 Å². The summed E-state index contributed by atoms with van der Waals surface area (Å²) in [5.74, 6) is 0. The molecule has 0 saturated heterocycles. The van der Waals surface area contributed by atoms with E-state index in [1.165, 1.54) is 22.5 Å². The maximum Gasteiger partial charge on any atom is 0.140 e. The largest absolute Gasteiger partial charge is 0.304 e. The molecule has 2 nitrogen and oxygen atoms in total. The standard InChI is InChI=1S/C13H18N2/c1-5-11-7-9(3)13-14-12(6-2)10(4)15(13)8-11/h7-8H,5-6H2,1-4H3. The van der Waals surface area contributed by atoms with Gasteiger partial charge in [-0.1, -0.05) is 19.9 Å². The van der Waals surface area contributed by atoms with Crippen molar-refractivity contribution in [1.82, 2.24) is 9.38 Å². The van der Waals surface area contributed by atoms with Gasteiger partial charge in [-0.15, -0.1) is 0 Å². The second-order valence-electron chi connectivity index (χ2n) is 4.08. The Kier molecular flexibility index (Phi) is 2.51. The Morgan fingerprint density at radius 3 is 2.53 bits per heavy atom. The van der Waals surface area contributed by atoms with Crippen LogP contribution in [0.3, 0.4) is 0 Å². The van der Waals surface area contributed by atoms with E-state index in [0.29, 0.717) is 0 Å². The van der Waals surface area contributed by atoms with Gasteiger partial charge in [-0.25, -0.2) is 4.98 Å². The number of fused-ring (bicyclic) bond motifs is 1. The second kappa shape index (κ2) is 3.69. The highest BCUT2D eigenvalue weighted by atomic mass is 15.0. The van der Waals surface area contributed by atoms with Crippen molar-refractivity contribution in [3.8, 4) is 0 Å². The lowest BCUT2D eigenvalue weighted by Crippen LogP contribution is -1.94. The molecule has 2 heterocycles. The molecule has 0 aliphatic carbocycles. The van der Waals surface area contributed by atoms with Crippen molar-refractivity contribution in [1.29, 1.82) is 0 Å². The minimum absolute atomic E-state index is 1.01.